The molecule has 0 aromatic carbocycles. The number of nitrogens with zero attached hydrogens (tertiary/aromatic N) is 1. The molecule has 0 aliphatic rings. The first-order valence-corrected chi connectivity index (χ1v) is 8.04. The van der Waals surface area contributed by atoms with Crippen molar-refractivity contribution in [2.75, 3.05) is 13.7 Å². The molecule has 0 fully saturated rings. The number of nitrogens with one attached hydrogen (secondary N) is 2. The SMILES string of the molecule is CCCC(CNC(=O)OC(C)(C)C)NCc1cccc(OC)n1. The fourth-order valence-electron chi connectivity index (χ4n) is 2.06. The molecular formula is C17H29N3O3. The van der Waals surface area contributed by atoms with Crippen LogP contribution in [0.15, 0.2) is 18.2 Å². The number of amides is 1. The Morgan fingerprint density at radius 1 is 1.35 bits per heavy atom. The van der Waals surface area contributed by atoms with Crippen LogP contribution in [-0.2, 0) is 11.3 Å². The highest BCUT2D eigenvalue weighted by Crippen LogP contribution is 2.08. The monoisotopic (exact) mass is 323 g/mol. The van der Waals surface area contributed by atoms with E-state index in [0.29, 0.717) is 19.0 Å². The van der Waals surface area contributed by atoms with E-state index in [0.717, 1.165) is 18.5 Å². The second-order valence-corrected chi connectivity index (χ2v) is 6.42. The summed E-state index contributed by atoms with van der Waals surface area (Å²) in [7, 11) is 1.60. The average Bonchev–Trinajstić information content (AvgIpc) is 2.48. The van der Waals surface area contributed by atoms with Crippen molar-refractivity contribution in [3.8, 4) is 5.88 Å². The standard InChI is InChI=1S/C17H29N3O3/c1-6-8-13(11-19-16(21)23-17(2,3)4)18-12-14-9-7-10-15(20-14)22-5/h7,9-10,13,18H,6,8,11-12H2,1-5H3,(H,19,21). The third-order valence-electron chi connectivity index (χ3n) is 3.09. The van der Waals surface area contributed by atoms with Crippen LogP contribution in [0.25, 0.3) is 0 Å². The molecule has 1 aromatic rings. The molecule has 0 spiro atoms. The average molecular weight is 323 g/mol. The zero-order valence-corrected chi connectivity index (χ0v) is 14.8. The minimum absolute atomic E-state index is 0.167. The number of carbonyl (C=O) groups excluding carboxylic acids is 1. The Morgan fingerprint density at radius 3 is 2.70 bits per heavy atom. The summed E-state index contributed by atoms with van der Waals surface area (Å²) >= 11 is 0. The fourth-order valence-corrected chi connectivity index (χ4v) is 2.06. The van der Waals surface area contributed by atoms with E-state index in [4.69, 9.17) is 9.47 Å². The predicted octanol–water partition coefficient (Wildman–Crippen LogP) is 2.87. The van der Waals surface area contributed by atoms with E-state index < -0.39 is 5.60 Å². The highest BCUT2D eigenvalue weighted by atomic mass is 16.6. The van der Waals surface area contributed by atoms with Crippen molar-refractivity contribution in [1.29, 1.82) is 0 Å². The molecule has 130 valence electrons. The molecule has 2 N–H and O–H groups in total. The van der Waals surface area contributed by atoms with Gasteiger partial charge in [0.15, 0.2) is 0 Å². The van der Waals surface area contributed by atoms with E-state index in [1.807, 2.05) is 39.0 Å². The quantitative estimate of drug-likeness (QED) is 0.769. The molecule has 1 rings (SSSR count). The summed E-state index contributed by atoms with van der Waals surface area (Å²) < 4.78 is 10.4. The second-order valence-electron chi connectivity index (χ2n) is 6.42. The topological polar surface area (TPSA) is 72.5 Å². The Hall–Kier alpha value is -1.82. The normalized spacial score (nSPS) is 12.6. The lowest BCUT2D eigenvalue weighted by Crippen LogP contribution is -2.42. The van der Waals surface area contributed by atoms with Gasteiger partial charge in [-0.3, -0.25) is 0 Å². The third kappa shape index (κ3) is 8.40. The number of ether oxygens (including phenoxy) is 2. The number of aromatic nitrogens is 1. The summed E-state index contributed by atoms with van der Waals surface area (Å²) in [5.41, 5.74) is 0.421. The first kappa shape index (κ1) is 19.2. The van der Waals surface area contributed by atoms with Crippen molar-refractivity contribution in [1.82, 2.24) is 15.6 Å². The molecule has 6 nitrogen and oxygen atoms in total. The van der Waals surface area contributed by atoms with Crippen LogP contribution in [0, 0.1) is 0 Å². The molecule has 0 saturated heterocycles. The zero-order valence-electron chi connectivity index (χ0n) is 14.8. The number of hydrogen-bond donors (Lipinski definition) is 2. The van der Waals surface area contributed by atoms with Crippen LogP contribution in [0.5, 0.6) is 5.88 Å². The maximum Gasteiger partial charge on any atom is 0.407 e. The van der Waals surface area contributed by atoms with Gasteiger partial charge in [-0.2, -0.15) is 0 Å². The van der Waals surface area contributed by atoms with Crippen molar-refractivity contribution in [3.05, 3.63) is 23.9 Å². The minimum Gasteiger partial charge on any atom is -0.481 e. The van der Waals surface area contributed by atoms with Gasteiger partial charge in [0, 0.05) is 25.2 Å². The van der Waals surface area contributed by atoms with Crippen LogP contribution in [0.3, 0.4) is 0 Å². The molecule has 1 atom stereocenters. The Labute approximate surface area is 139 Å². The summed E-state index contributed by atoms with van der Waals surface area (Å²) in [6.45, 7) is 8.81. The van der Waals surface area contributed by atoms with Crippen LogP contribution in [-0.4, -0.2) is 36.4 Å². The zero-order chi connectivity index (χ0) is 17.3. The van der Waals surface area contributed by atoms with Gasteiger partial charge < -0.3 is 20.1 Å². The van der Waals surface area contributed by atoms with Crippen LogP contribution in [0.4, 0.5) is 4.79 Å². The van der Waals surface area contributed by atoms with Crippen LogP contribution < -0.4 is 15.4 Å². The van der Waals surface area contributed by atoms with Crippen molar-refractivity contribution in [3.63, 3.8) is 0 Å². The van der Waals surface area contributed by atoms with Gasteiger partial charge in [-0.05, 0) is 33.3 Å². The van der Waals surface area contributed by atoms with E-state index in [-0.39, 0.29) is 12.1 Å². The maximum atomic E-state index is 11.7. The fraction of sp³-hybridized carbons (Fsp3) is 0.647. The lowest BCUT2D eigenvalue weighted by atomic mass is 10.1. The van der Waals surface area contributed by atoms with Crippen LogP contribution in [0.1, 0.15) is 46.2 Å². The van der Waals surface area contributed by atoms with Gasteiger partial charge in [0.05, 0.1) is 12.8 Å². The second kappa shape index (κ2) is 9.35. The van der Waals surface area contributed by atoms with Crippen LogP contribution >= 0.6 is 0 Å². The van der Waals surface area contributed by atoms with Gasteiger partial charge in [0.1, 0.15) is 5.60 Å². The van der Waals surface area contributed by atoms with Gasteiger partial charge in [0.25, 0.3) is 0 Å². The largest absolute Gasteiger partial charge is 0.481 e. The number of methoxy groups -OCH3 is 1. The number of alkyl carbamates (subject to hydrolysis) is 1. The van der Waals surface area contributed by atoms with E-state index in [1.165, 1.54) is 0 Å². The van der Waals surface area contributed by atoms with Crippen molar-refractivity contribution in [2.45, 2.75) is 58.7 Å². The third-order valence-corrected chi connectivity index (χ3v) is 3.09. The maximum absolute atomic E-state index is 11.7. The molecule has 6 heteroatoms. The number of rotatable bonds is 8. The summed E-state index contributed by atoms with van der Waals surface area (Å²) in [4.78, 5) is 16.1. The van der Waals surface area contributed by atoms with Crippen molar-refractivity contribution < 1.29 is 14.3 Å². The molecule has 23 heavy (non-hydrogen) atoms. The predicted molar refractivity (Wildman–Crippen MR) is 90.6 cm³/mol. The highest BCUT2D eigenvalue weighted by molar-refractivity contribution is 5.67. The van der Waals surface area contributed by atoms with Crippen molar-refractivity contribution in [2.24, 2.45) is 0 Å². The van der Waals surface area contributed by atoms with E-state index in [2.05, 4.69) is 22.5 Å². The summed E-state index contributed by atoms with van der Waals surface area (Å²) in [5.74, 6) is 0.600. The number of hydrogen-bond acceptors (Lipinski definition) is 5. The van der Waals surface area contributed by atoms with Gasteiger partial charge in [-0.1, -0.05) is 19.4 Å². The Morgan fingerprint density at radius 2 is 2.09 bits per heavy atom. The molecule has 1 amide bonds. The molecule has 0 radical (unpaired) electrons. The Balaban J connectivity index is 2.46. The number of pyridine rings is 1. The number of carbonyl (C=O) groups is 1. The molecule has 0 bridgehead atoms. The highest BCUT2D eigenvalue weighted by Gasteiger charge is 2.17. The van der Waals surface area contributed by atoms with E-state index in [9.17, 15) is 4.79 Å². The minimum atomic E-state index is -0.484. The lowest BCUT2D eigenvalue weighted by molar-refractivity contribution is 0.0521. The first-order chi connectivity index (χ1) is 10.8. The van der Waals surface area contributed by atoms with Gasteiger partial charge in [0.2, 0.25) is 5.88 Å². The summed E-state index contributed by atoms with van der Waals surface area (Å²) in [5, 5.41) is 6.23. The molecule has 0 saturated carbocycles. The molecule has 1 heterocycles. The molecule has 1 unspecified atom stereocenters. The van der Waals surface area contributed by atoms with E-state index in [1.54, 1.807) is 7.11 Å². The van der Waals surface area contributed by atoms with Gasteiger partial charge in [-0.15, -0.1) is 0 Å². The Bertz CT molecular complexity index is 486. The lowest BCUT2D eigenvalue weighted by Gasteiger charge is -2.22. The molecule has 0 aliphatic heterocycles. The van der Waals surface area contributed by atoms with Gasteiger partial charge >= 0.3 is 6.09 Å². The summed E-state index contributed by atoms with van der Waals surface area (Å²) in [6.07, 6.45) is 1.60. The smallest absolute Gasteiger partial charge is 0.407 e. The van der Waals surface area contributed by atoms with Gasteiger partial charge in [-0.25, -0.2) is 9.78 Å². The van der Waals surface area contributed by atoms with Crippen LogP contribution in [0.2, 0.25) is 0 Å². The first-order valence-electron chi connectivity index (χ1n) is 8.04. The molecule has 0 aliphatic carbocycles. The molecule has 1 aromatic heterocycles. The van der Waals surface area contributed by atoms with E-state index >= 15 is 0 Å². The Kier molecular flexibility index (Phi) is 7.81. The molecular weight excluding hydrogens is 294 g/mol. The van der Waals surface area contributed by atoms with Crippen molar-refractivity contribution >= 4 is 6.09 Å². The summed E-state index contributed by atoms with van der Waals surface area (Å²) in [6, 6.07) is 5.84.